The lowest BCUT2D eigenvalue weighted by molar-refractivity contribution is 0.386. The van der Waals surface area contributed by atoms with Crippen LogP contribution < -0.4 is 10.6 Å². The van der Waals surface area contributed by atoms with Crippen molar-refractivity contribution in [1.29, 1.82) is 5.26 Å². The Kier molecular flexibility index (Phi) is 3.94. The second-order valence-electron chi connectivity index (χ2n) is 4.49. The number of nitriles is 1. The minimum Gasteiger partial charge on any atom is -0.369 e. The Bertz CT molecular complexity index is 402. The van der Waals surface area contributed by atoms with Gasteiger partial charge < -0.3 is 10.6 Å². The molecule has 4 nitrogen and oxygen atoms in total. The van der Waals surface area contributed by atoms with Crippen LogP contribution in [0.15, 0.2) is 18.3 Å². The highest BCUT2D eigenvalue weighted by molar-refractivity contribution is 5.55. The summed E-state index contributed by atoms with van der Waals surface area (Å²) in [4.78, 5) is 6.37. The van der Waals surface area contributed by atoms with Crippen LogP contribution in [0.25, 0.3) is 0 Å². The van der Waals surface area contributed by atoms with Gasteiger partial charge in [0, 0.05) is 19.3 Å². The van der Waals surface area contributed by atoms with Gasteiger partial charge in [-0.25, -0.2) is 4.98 Å². The van der Waals surface area contributed by atoms with Crippen molar-refractivity contribution >= 4 is 5.69 Å². The molecule has 2 N–H and O–H groups in total. The molecule has 0 saturated carbocycles. The number of nitrogens with two attached hydrogens (primary N) is 1. The molecule has 0 aliphatic carbocycles. The third kappa shape index (κ3) is 2.75. The lowest BCUT2D eigenvalue weighted by atomic mass is 9.93. The second-order valence-corrected chi connectivity index (χ2v) is 4.49. The first-order chi connectivity index (χ1) is 8.35. The average Bonchev–Trinajstić information content (AvgIpc) is 2.40. The third-order valence-corrected chi connectivity index (χ3v) is 3.42. The summed E-state index contributed by atoms with van der Waals surface area (Å²) in [5.74, 6) is 0.749. The maximum Gasteiger partial charge on any atom is 0.163 e. The molecule has 0 atom stereocenters. The molecule has 0 aromatic carbocycles. The van der Waals surface area contributed by atoms with Crippen molar-refractivity contribution < 1.29 is 0 Å². The Morgan fingerprint density at radius 2 is 2.24 bits per heavy atom. The first kappa shape index (κ1) is 11.9. The van der Waals surface area contributed by atoms with E-state index in [4.69, 9.17) is 11.0 Å². The fourth-order valence-corrected chi connectivity index (χ4v) is 2.44. The molecule has 17 heavy (non-hydrogen) atoms. The fourth-order valence-electron chi connectivity index (χ4n) is 2.44. The van der Waals surface area contributed by atoms with Gasteiger partial charge in [0.05, 0.1) is 5.69 Å². The van der Waals surface area contributed by atoms with E-state index in [0.717, 1.165) is 50.5 Å². The minimum absolute atomic E-state index is 0.532. The number of pyridine rings is 1. The van der Waals surface area contributed by atoms with Crippen molar-refractivity contribution in [3.63, 3.8) is 0 Å². The molecule has 1 aromatic heterocycles. The Hall–Kier alpha value is -1.60. The number of hydrogen-bond acceptors (Lipinski definition) is 4. The normalized spacial score (nSPS) is 16.8. The SMILES string of the molecule is N#Cc1ncccc1N1CCC(CCN)CC1. The predicted octanol–water partition coefficient (Wildman–Crippen LogP) is 1.52. The molecule has 0 amide bonds. The molecule has 1 fully saturated rings. The highest BCUT2D eigenvalue weighted by atomic mass is 15.1. The standard InChI is InChI=1S/C13H18N4/c14-6-3-11-4-8-17(9-5-11)13-2-1-7-16-12(13)10-15/h1-2,7,11H,3-6,8-9,14H2. The molecule has 0 bridgehead atoms. The highest BCUT2D eigenvalue weighted by Crippen LogP contribution is 2.26. The first-order valence-electron chi connectivity index (χ1n) is 6.15. The Morgan fingerprint density at radius 3 is 2.88 bits per heavy atom. The first-order valence-corrected chi connectivity index (χ1v) is 6.15. The summed E-state index contributed by atoms with van der Waals surface area (Å²) < 4.78 is 0. The number of nitrogens with zero attached hydrogens (tertiary/aromatic N) is 3. The van der Waals surface area contributed by atoms with Crippen LogP contribution >= 0.6 is 0 Å². The van der Waals surface area contributed by atoms with E-state index in [-0.39, 0.29) is 0 Å². The molecule has 1 aliphatic heterocycles. The number of aromatic nitrogens is 1. The van der Waals surface area contributed by atoms with E-state index in [0.29, 0.717) is 5.69 Å². The summed E-state index contributed by atoms with van der Waals surface area (Å²) in [6.45, 7) is 2.79. The molecule has 0 radical (unpaired) electrons. The van der Waals surface area contributed by atoms with Gasteiger partial charge in [0.1, 0.15) is 6.07 Å². The van der Waals surface area contributed by atoms with E-state index >= 15 is 0 Å². The van der Waals surface area contributed by atoms with Crippen LogP contribution in [0, 0.1) is 17.2 Å². The molecule has 2 rings (SSSR count). The second kappa shape index (κ2) is 5.65. The van der Waals surface area contributed by atoms with Gasteiger partial charge in [-0.3, -0.25) is 0 Å². The molecule has 1 saturated heterocycles. The molecular weight excluding hydrogens is 212 g/mol. The van der Waals surface area contributed by atoms with E-state index in [1.54, 1.807) is 6.20 Å². The molecule has 0 spiro atoms. The summed E-state index contributed by atoms with van der Waals surface area (Å²) >= 11 is 0. The largest absolute Gasteiger partial charge is 0.369 e. The van der Waals surface area contributed by atoms with Crippen molar-refractivity contribution in [3.05, 3.63) is 24.0 Å². The molecule has 0 unspecified atom stereocenters. The quantitative estimate of drug-likeness (QED) is 0.855. The summed E-state index contributed by atoms with van der Waals surface area (Å²) in [6.07, 6.45) is 5.11. The topological polar surface area (TPSA) is 65.9 Å². The number of hydrogen-bond donors (Lipinski definition) is 1. The summed E-state index contributed by atoms with van der Waals surface area (Å²) in [6, 6.07) is 6.03. The zero-order valence-electron chi connectivity index (χ0n) is 9.97. The van der Waals surface area contributed by atoms with Gasteiger partial charge in [-0.1, -0.05) is 0 Å². The van der Waals surface area contributed by atoms with E-state index in [9.17, 15) is 0 Å². The van der Waals surface area contributed by atoms with Crippen molar-refractivity contribution in [3.8, 4) is 6.07 Å². The zero-order chi connectivity index (χ0) is 12.1. The van der Waals surface area contributed by atoms with Gasteiger partial charge in [0.15, 0.2) is 5.69 Å². The van der Waals surface area contributed by atoms with Crippen molar-refractivity contribution in [2.45, 2.75) is 19.3 Å². The molecule has 2 heterocycles. The number of rotatable bonds is 3. The third-order valence-electron chi connectivity index (χ3n) is 3.42. The van der Waals surface area contributed by atoms with Crippen molar-refractivity contribution in [2.75, 3.05) is 24.5 Å². The van der Waals surface area contributed by atoms with Gasteiger partial charge in [-0.2, -0.15) is 5.26 Å². The van der Waals surface area contributed by atoms with Gasteiger partial charge in [-0.05, 0) is 43.9 Å². The Balaban J connectivity index is 2.03. The predicted molar refractivity (Wildman–Crippen MR) is 67.6 cm³/mol. The van der Waals surface area contributed by atoms with Crippen LogP contribution in [0.4, 0.5) is 5.69 Å². The maximum absolute atomic E-state index is 9.03. The van der Waals surface area contributed by atoms with Crippen LogP contribution in [-0.2, 0) is 0 Å². The molecule has 4 heteroatoms. The summed E-state index contributed by atoms with van der Waals surface area (Å²) in [5, 5.41) is 9.03. The Labute approximate surface area is 102 Å². The van der Waals surface area contributed by atoms with Gasteiger partial charge in [-0.15, -0.1) is 0 Å². The molecule has 1 aliphatic rings. The van der Waals surface area contributed by atoms with Gasteiger partial charge in [0.2, 0.25) is 0 Å². The van der Waals surface area contributed by atoms with Crippen molar-refractivity contribution in [2.24, 2.45) is 11.7 Å². The molecule has 90 valence electrons. The van der Waals surface area contributed by atoms with E-state index in [1.165, 1.54) is 0 Å². The molecular formula is C13H18N4. The van der Waals surface area contributed by atoms with E-state index < -0.39 is 0 Å². The maximum atomic E-state index is 9.03. The van der Waals surface area contributed by atoms with Crippen LogP contribution in [0.2, 0.25) is 0 Å². The number of anilines is 1. The number of piperidine rings is 1. The minimum atomic E-state index is 0.532. The highest BCUT2D eigenvalue weighted by Gasteiger charge is 2.20. The van der Waals surface area contributed by atoms with Gasteiger partial charge >= 0.3 is 0 Å². The smallest absolute Gasteiger partial charge is 0.163 e. The summed E-state index contributed by atoms with van der Waals surface area (Å²) in [5.41, 5.74) is 7.09. The van der Waals surface area contributed by atoms with Gasteiger partial charge in [0.25, 0.3) is 0 Å². The van der Waals surface area contributed by atoms with E-state index in [1.807, 2.05) is 12.1 Å². The van der Waals surface area contributed by atoms with E-state index in [2.05, 4.69) is 16.0 Å². The summed E-state index contributed by atoms with van der Waals surface area (Å²) in [7, 11) is 0. The van der Waals surface area contributed by atoms with Crippen LogP contribution in [0.5, 0.6) is 0 Å². The van der Waals surface area contributed by atoms with Crippen LogP contribution in [0.1, 0.15) is 25.0 Å². The molecule has 1 aromatic rings. The zero-order valence-corrected chi connectivity index (χ0v) is 9.97. The lowest BCUT2D eigenvalue weighted by Crippen LogP contribution is -2.34. The van der Waals surface area contributed by atoms with Crippen molar-refractivity contribution in [1.82, 2.24) is 4.98 Å². The average molecular weight is 230 g/mol. The fraction of sp³-hybridized carbons (Fsp3) is 0.538. The monoisotopic (exact) mass is 230 g/mol. The Morgan fingerprint density at radius 1 is 1.47 bits per heavy atom. The van der Waals surface area contributed by atoms with Crippen LogP contribution in [0.3, 0.4) is 0 Å². The lowest BCUT2D eigenvalue weighted by Gasteiger charge is -2.33. The van der Waals surface area contributed by atoms with Crippen LogP contribution in [-0.4, -0.2) is 24.6 Å².